The molecule has 15 heteroatoms. The summed E-state index contributed by atoms with van der Waals surface area (Å²) < 4.78 is 39.9. The van der Waals surface area contributed by atoms with Crippen LogP contribution in [0.3, 0.4) is 0 Å². The van der Waals surface area contributed by atoms with Crippen LogP contribution in [0, 0.1) is 5.82 Å². The minimum Gasteiger partial charge on any atom is -1.00 e. The van der Waals surface area contributed by atoms with Crippen molar-refractivity contribution in [2.75, 3.05) is 17.3 Å². The van der Waals surface area contributed by atoms with Gasteiger partial charge >= 0.3 is 73.6 Å². The summed E-state index contributed by atoms with van der Waals surface area (Å²) >= 11 is 7.14. The maximum absolute atomic E-state index is 14.3. The Balaban J connectivity index is 0.00000228. The summed E-state index contributed by atoms with van der Waals surface area (Å²) in [5.74, 6) is -0.698. The molecule has 0 saturated heterocycles. The van der Waals surface area contributed by atoms with Gasteiger partial charge in [0.25, 0.3) is 5.56 Å². The van der Waals surface area contributed by atoms with Crippen LogP contribution in [0.5, 0.6) is 0 Å². The number of aromatic nitrogens is 2. The van der Waals surface area contributed by atoms with Crippen LogP contribution < -0.4 is 72.9 Å². The van der Waals surface area contributed by atoms with Crippen molar-refractivity contribution in [3.8, 4) is 5.69 Å². The van der Waals surface area contributed by atoms with E-state index in [-0.39, 0.29) is 90.1 Å². The predicted octanol–water partition coefficient (Wildman–Crippen LogP) is 1.01. The SMILES string of the molecule is CNc1cc2[nH]c(=O)n(-c3cc(N(C(=O)N=S(=O)=O)c4ccccc4)sc3Cl)c(=O)c2cc1F.[H-].[K+]. The van der Waals surface area contributed by atoms with Gasteiger partial charge in [0.2, 0.25) is 0 Å². The van der Waals surface area contributed by atoms with Crippen molar-refractivity contribution in [2.45, 2.75) is 0 Å². The van der Waals surface area contributed by atoms with Crippen LogP contribution in [0.15, 0.2) is 62.5 Å². The van der Waals surface area contributed by atoms with Gasteiger partial charge < -0.3 is 11.7 Å². The average molecular weight is 562 g/mol. The zero-order valence-electron chi connectivity index (χ0n) is 19.1. The molecule has 4 aromatic rings. The number of thiophene rings is 1. The molecule has 2 N–H and O–H groups in total. The molecule has 35 heavy (non-hydrogen) atoms. The molecule has 2 amide bonds. The van der Waals surface area contributed by atoms with Crippen LogP contribution in [0.2, 0.25) is 4.34 Å². The van der Waals surface area contributed by atoms with Crippen molar-refractivity contribution < 1.29 is 70.4 Å². The number of aromatic amines is 1. The molecular weight excluding hydrogens is 548 g/mol. The van der Waals surface area contributed by atoms with E-state index in [0.29, 0.717) is 4.57 Å². The van der Waals surface area contributed by atoms with Gasteiger partial charge in [-0.3, -0.25) is 9.69 Å². The van der Waals surface area contributed by atoms with Crippen LogP contribution in [-0.4, -0.2) is 31.0 Å². The zero-order chi connectivity index (χ0) is 24.6. The topological polar surface area (TPSA) is 134 Å². The Kier molecular flexibility index (Phi) is 8.82. The summed E-state index contributed by atoms with van der Waals surface area (Å²) in [6.07, 6.45) is 0. The number of fused-ring (bicyclic) bond motifs is 1. The first-order valence-electron chi connectivity index (χ1n) is 9.37. The standard InChI is InChI=1S/C20H13ClFN5O5S2.K.H/c1-23-14-8-13-11(7-12(14)22)18(28)27(19(29)24-13)15-9-16(33-17(15)21)26(20(30)25-34(31)32)10-5-3-2-4-6-10;;/h2-9,23H,1H3,(H,24,29);;/q;+1;-1. The predicted molar refractivity (Wildman–Crippen MR) is 129 cm³/mol. The summed E-state index contributed by atoms with van der Waals surface area (Å²) in [6, 6.07) is 10.4. The molecule has 2 heterocycles. The number of carbonyl (C=O) groups is 1. The van der Waals surface area contributed by atoms with Gasteiger partial charge in [0.15, 0.2) is 0 Å². The zero-order valence-corrected chi connectivity index (χ0v) is 23.6. The molecule has 0 aliphatic heterocycles. The Morgan fingerprint density at radius 2 is 1.91 bits per heavy atom. The van der Waals surface area contributed by atoms with E-state index in [0.717, 1.165) is 22.3 Å². The number of nitrogens with one attached hydrogen (secondary N) is 2. The van der Waals surface area contributed by atoms with Crippen molar-refractivity contribution in [3.63, 3.8) is 0 Å². The Hall–Kier alpha value is -2.17. The number of rotatable bonds is 4. The first-order chi connectivity index (χ1) is 16.2. The third-order valence-electron chi connectivity index (χ3n) is 4.73. The summed E-state index contributed by atoms with van der Waals surface area (Å²) in [6.45, 7) is 0. The number of anilines is 3. The summed E-state index contributed by atoms with van der Waals surface area (Å²) in [5.41, 5.74) is -1.29. The molecule has 0 spiro atoms. The molecule has 0 atom stereocenters. The van der Waals surface area contributed by atoms with Gasteiger partial charge in [0.05, 0.1) is 28.0 Å². The van der Waals surface area contributed by atoms with Crippen molar-refractivity contribution in [3.05, 3.63) is 79.5 Å². The molecule has 2 aromatic carbocycles. The third-order valence-corrected chi connectivity index (χ3v) is 6.36. The minimum atomic E-state index is -3.02. The number of carbonyl (C=O) groups excluding carboxylic acids is 1. The molecule has 10 nitrogen and oxygen atoms in total. The van der Waals surface area contributed by atoms with E-state index in [4.69, 9.17) is 11.6 Å². The average Bonchev–Trinajstić information content (AvgIpc) is 3.15. The van der Waals surface area contributed by atoms with E-state index in [2.05, 4.69) is 14.7 Å². The number of nitrogens with zero attached hydrogens (tertiary/aromatic N) is 3. The van der Waals surface area contributed by atoms with E-state index in [1.54, 1.807) is 18.2 Å². The van der Waals surface area contributed by atoms with E-state index in [9.17, 15) is 27.2 Å². The maximum Gasteiger partial charge on any atom is 1.00 e. The van der Waals surface area contributed by atoms with Gasteiger partial charge in [-0.2, -0.15) is 8.42 Å². The largest absolute Gasteiger partial charge is 1.00 e. The molecule has 0 bridgehead atoms. The second-order valence-corrected chi connectivity index (χ2v) is 8.95. The van der Waals surface area contributed by atoms with Crippen molar-refractivity contribution >= 4 is 66.7 Å². The van der Waals surface area contributed by atoms with Gasteiger partial charge in [0.1, 0.15) is 15.2 Å². The van der Waals surface area contributed by atoms with E-state index in [1.807, 2.05) is 0 Å². The maximum atomic E-state index is 14.3. The van der Waals surface area contributed by atoms with Gasteiger partial charge in [-0.1, -0.05) is 34.2 Å². The van der Waals surface area contributed by atoms with E-state index in [1.165, 1.54) is 31.3 Å². The summed E-state index contributed by atoms with van der Waals surface area (Å²) in [7, 11) is -1.53. The number of hydrogen-bond donors (Lipinski definition) is 2. The number of para-hydroxylation sites is 1. The number of hydrogen-bond acceptors (Lipinski definition) is 7. The normalized spacial score (nSPS) is 10.5. The molecule has 0 unspecified atom stereocenters. The van der Waals surface area contributed by atoms with E-state index >= 15 is 0 Å². The minimum absolute atomic E-state index is 0. The van der Waals surface area contributed by atoms with Crippen molar-refractivity contribution in [1.29, 1.82) is 0 Å². The molecule has 0 aliphatic carbocycles. The number of urea groups is 1. The Morgan fingerprint density at radius 1 is 1.23 bits per heavy atom. The second-order valence-electron chi connectivity index (χ2n) is 6.70. The molecule has 2 aromatic heterocycles. The molecule has 0 saturated carbocycles. The fourth-order valence-electron chi connectivity index (χ4n) is 3.27. The van der Waals surface area contributed by atoms with Gasteiger partial charge in [-0.15, -0.1) is 11.3 Å². The summed E-state index contributed by atoms with van der Waals surface area (Å²) in [5, 5.41) is 2.61. The van der Waals surface area contributed by atoms with Crippen LogP contribution in [0.25, 0.3) is 16.6 Å². The quantitative estimate of drug-likeness (QED) is 0.357. The molecular formula is C20H14ClFKN5O5S2. The number of halogens is 2. The molecule has 4 rings (SSSR count). The monoisotopic (exact) mass is 561 g/mol. The number of H-pyrrole nitrogens is 1. The Morgan fingerprint density at radius 3 is 2.54 bits per heavy atom. The molecule has 176 valence electrons. The number of amides is 2. The van der Waals surface area contributed by atoms with Crippen molar-refractivity contribution in [1.82, 2.24) is 9.55 Å². The number of benzene rings is 2. The van der Waals surface area contributed by atoms with Crippen LogP contribution >= 0.6 is 22.9 Å². The van der Waals surface area contributed by atoms with Crippen LogP contribution in [0.1, 0.15) is 1.43 Å². The smallest absolute Gasteiger partial charge is 1.00 e. The fraction of sp³-hybridized carbons (Fsp3) is 0.0500. The molecule has 0 radical (unpaired) electrons. The van der Waals surface area contributed by atoms with Crippen molar-refractivity contribution in [2.24, 2.45) is 4.36 Å². The van der Waals surface area contributed by atoms with Gasteiger partial charge in [0, 0.05) is 7.05 Å². The van der Waals surface area contributed by atoms with Crippen LogP contribution in [-0.2, 0) is 10.5 Å². The third kappa shape index (κ3) is 5.49. The first kappa shape index (κ1) is 27.4. The Labute approximate surface area is 251 Å². The van der Waals surface area contributed by atoms with E-state index < -0.39 is 33.6 Å². The van der Waals surface area contributed by atoms with Gasteiger partial charge in [-0.05, 0) is 30.3 Å². The van der Waals surface area contributed by atoms with Gasteiger partial charge in [-0.25, -0.2) is 18.5 Å². The molecule has 0 fully saturated rings. The van der Waals surface area contributed by atoms with Crippen LogP contribution in [0.4, 0.5) is 25.6 Å². The summed E-state index contributed by atoms with van der Waals surface area (Å²) in [4.78, 5) is 41.9. The first-order valence-corrected chi connectivity index (χ1v) is 11.6. The second kappa shape index (κ2) is 11.3. The fourth-order valence-corrected chi connectivity index (χ4v) is 4.74. The Bertz CT molecular complexity index is 1700. The molecule has 0 aliphatic rings.